The predicted molar refractivity (Wildman–Crippen MR) is 182 cm³/mol. The fourth-order valence-corrected chi connectivity index (χ4v) is 6.64. The minimum atomic E-state index is -1.31. The first-order chi connectivity index (χ1) is 22.6. The minimum absolute atomic E-state index is 0.0834. The Hall–Kier alpha value is -4.71. The monoisotopic (exact) mass is 643 g/mol. The highest BCUT2D eigenvalue weighted by Crippen LogP contribution is 2.38. The maximum Gasteiger partial charge on any atom is 0.341 e. The van der Waals surface area contributed by atoms with E-state index in [0.717, 1.165) is 69.8 Å². The van der Waals surface area contributed by atoms with Crippen LogP contribution in [-0.2, 0) is 13.0 Å². The van der Waals surface area contributed by atoms with Crippen molar-refractivity contribution in [3.8, 4) is 0 Å². The first-order valence-corrected chi connectivity index (χ1v) is 16.5. The van der Waals surface area contributed by atoms with E-state index < -0.39 is 17.2 Å². The third kappa shape index (κ3) is 7.02. The number of likely N-dealkylation sites (tertiary alicyclic amines) is 1. The van der Waals surface area contributed by atoms with Gasteiger partial charge in [-0.3, -0.25) is 19.1 Å². The molecule has 1 aliphatic carbocycles. The number of aryl methyl sites for hydroxylation is 2. The summed E-state index contributed by atoms with van der Waals surface area (Å²) in [6.45, 7) is 6.96. The van der Waals surface area contributed by atoms with Crippen LogP contribution >= 0.6 is 0 Å². The van der Waals surface area contributed by atoms with E-state index in [1.165, 1.54) is 28.0 Å². The molecule has 1 saturated heterocycles. The Labute approximate surface area is 272 Å². The van der Waals surface area contributed by atoms with Gasteiger partial charge in [0.1, 0.15) is 17.2 Å². The lowest BCUT2D eigenvalue weighted by atomic mass is 10.1. The number of benzene rings is 2. The summed E-state index contributed by atoms with van der Waals surface area (Å²) < 4.78 is 18.5. The van der Waals surface area contributed by atoms with Crippen molar-refractivity contribution < 1.29 is 14.3 Å². The van der Waals surface area contributed by atoms with Crippen LogP contribution < -0.4 is 27.4 Å². The molecule has 1 aliphatic heterocycles. The predicted octanol–water partition coefficient (Wildman–Crippen LogP) is 5.28. The second kappa shape index (κ2) is 13.6. The van der Waals surface area contributed by atoms with Crippen molar-refractivity contribution in [1.29, 1.82) is 0 Å². The second-order valence-electron chi connectivity index (χ2n) is 12.7. The molecule has 2 aliphatic rings. The van der Waals surface area contributed by atoms with Crippen molar-refractivity contribution in [3.05, 3.63) is 85.7 Å². The number of carboxylic acids is 1. The van der Waals surface area contributed by atoms with E-state index in [0.29, 0.717) is 30.1 Å². The van der Waals surface area contributed by atoms with Gasteiger partial charge in [-0.2, -0.15) is 4.98 Å². The van der Waals surface area contributed by atoms with E-state index in [9.17, 15) is 19.5 Å². The van der Waals surface area contributed by atoms with Gasteiger partial charge >= 0.3 is 5.97 Å². The van der Waals surface area contributed by atoms with Crippen molar-refractivity contribution in [3.63, 3.8) is 0 Å². The molecule has 2 aromatic carbocycles. The van der Waals surface area contributed by atoms with E-state index in [1.54, 1.807) is 10.6 Å². The molecule has 1 saturated carbocycles. The zero-order valence-corrected chi connectivity index (χ0v) is 26.9. The Morgan fingerprint density at radius 3 is 2.62 bits per heavy atom. The molecule has 0 bridgehead atoms. The SMILES string of the molecule is CCc1cc(Nc2cc(=O)n(CCCCN3CCCC3CNc3cc4c(cc3F)c(=O)c(C(=O)O)cn4C3CC3)c(N)n2)ccc1C. The molecule has 3 heterocycles. The number of nitrogens with zero attached hydrogens (tertiary/aromatic N) is 4. The zero-order valence-electron chi connectivity index (χ0n) is 26.9. The number of aromatic nitrogens is 3. The summed E-state index contributed by atoms with van der Waals surface area (Å²) in [4.78, 5) is 44.1. The normalized spacial score (nSPS) is 16.5. The summed E-state index contributed by atoms with van der Waals surface area (Å²) in [5, 5.41) is 16.0. The quantitative estimate of drug-likeness (QED) is 0.143. The molecular formula is C35H42FN7O4. The molecule has 248 valence electrons. The molecule has 6 rings (SSSR count). The van der Waals surface area contributed by atoms with Crippen LogP contribution in [-0.4, -0.2) is 55.8 Å². The van der Waals surface area contributed by atoms with E-state index >= 15 is 4.39 Å². The Balaban J connectivity index is 1.05. The van der Waals surface area contributed by atoms with Gasteiger partial charge in [0.2, 0.25) is 11.4 Å². The first kappa shape index (κ1) is 32.2. The van der Waals surface area contributed by atoms with Crippen molar-refractivity contribution >= 4 is 40.0 Å². The number of hydrogen-bond acceptors (Lipinski definition) is 8. The van der Waals surface area contributed by atoms with Gasteiger partial charge in [-0.15, -0.1) is 0 Å². The number of aromatic carboxylic acids is 1. The number of halogens is 1. The maximum absolute atomic E-state index is 15.2. The fourth-order valence-electron chi connectivity index (χ4n) is 6.64. The third-order valence-electron chi connectivity index (χ3n) is 9.44. The van der Waals surface area contributed by atoms with Gasteiger partial charge in [0, 0.05) is 48.5 Å². The maximum atomic E-state index is 15.2. The third-order valence-corrected chi connectivity index (χ3v) is 9.44. The van der Waals surface area contributed by atoms with Crippen molar-refractivity contribution in [2.24, 2.45) is 0 Å². The lowest BCUT2D eigenvalue weighted by molar-refractivity contribution is 0.0695. The molecule has 12 heteroatoms. The van der Waals surface area contributed by atoms with Crippen LogP contribution in [0.2, 0.25) is 0 Å². The zero-order chi connectivity index (χ0) is 33.2. The summed E-state index contributed by atoms with van der Waals surface area (Å²) in [7, 11) is 0. The smallest absolute Gasteiger partial charge is 0.341 e. The molecule has 0 spiro atoms. The van der Waals surface area contributed by atoms with Crippen LogP contribution in [0, 0.1) is 12.7 Å². The van der Waals surface area contributed by atoms with Gasteiger partial charge in [-0.25, -0.2) is 9.18 Å². The summed E-state index contributed by atoms with van der Waals surface area (Å²) in [6, 6.07) is 10.7. The first-order valence-electron chi connectivity index (χ1n) is 16.5. The molecular weight excluding hydrogens is 601 g/mol. The van der Waals surface area contributed by atoms with Crippen LogP contribution in [0.3, 0.4) is 0 Å². The van der Waals surface area contributed by atoms with Gasteiger partial charge in [-0.1, -0.05) is 13.0 Å². The Morgan fingerprint density at radius 2 is 1.89 bits per heavy atom. The van der Waals surface area contributed by atoms with Gasteiger partial charge in [0.15, 0.2) is 0 Å². The number of nitrogens with two attached hydrogens (primary N) is 1. The van der Waals surface area contributed by atoms with Gasteiger partial charge in [0.25, 0.3) is 5.56 Å². The Bertz CT molecular complexity index is 1930. The van der Waals surface area contributed by atoms with Crippen molar-refractivity contribution in [2.75, 3.05) is 36.0 Å². The van der Waals surface area contributed by atoms with E-state index in [1.807, 2.05) is 12.1 Å². The molecule has 11 nitrogen and oxygen atoms in total. The minimum Gasteiger partial charge on any atom is -0.477 e. The van der Waals surface area contributed by atoms with E-state index in [-0.39, 0.29) is 34.5 Å². The average Bonchev–Trinajstić information content (AvgIpc) is 3.78. The molecule has 4 aromatic rings. The number of fused-ring (bicyclic) bond motifs is 1. The lowest BCUT2D eigenvalue weighted by Crippen LogP contribution is -2.36. The Morgan fingerprint density at radius 1 is 1.11 bits per heavy atom. The van der Waals surface area contributed by atoms with Crippen LogP contribution in [0.15, 0.2) is 52.2 Å². The van der Waals surface area contributed by atoms with Crippen molar-refractivity contribution in [2.45, 2.75) is 77.4 Å². The number of hydrogen-bond donors (Lipinski definition) is 4. The standard InChI is InChI=1S/C35H42FN7O4/c1-3-22-15-23(9-8-21(22)2)39-31-18-32(44)42(35(37)40-31)14-5-4-12-41-13-6-7-25(41)19-38-29-17-30-26(16-28(29)36)33(45)27(34(46)47)20-43(30)24-10-11-24/h8-9,15-18,20,24-25,38-39H,3-7,10-14,19H2,1-2H3,(H2,37,40)(H,46,47). The number of carboxylic acid groups (broad SMARTS) is 1. The van der Waals surface area contributed by atoms with E-state index in [2.05, 4.69) is 40.4 Å². The summed E-state index contributed by atoms with van der Waals surface area (Å²) in [5.74, 6) is -1.29. The molecule has 1 atom stereocenters. The Kier molecular flexibility index (Phi) is 9.31. The second-order valence-corrected chi connectivity index (χ2v) is 12.7. The summed E-state index contributed by atoms with van der Waals surface area (Å²) in [5.41, 5.74) is 9.15. The average molecular weight is 644 g/mol. The molecule has 2 aromatic heterocycles. The topological polar surface area (TPSA) is 148 Å². The number of anilines is 4. The highest BCUT2D eigenvalue weighted by molar-refractivity contribution is 5.93. The van der Waals surface area contributed by atoms with E-state index in [4.69, 9.17) is 5.73 Å². The highest BCUT2D eigenvalue weighted by atomic mass is 19.1. The van der Waals surface area contributed by atoms with Crippen molar-refractivity contribution in [1.82, 2.24) is 19.0 Å². The lowest BCUT2D eigenvalue weighted by Gasteiger charge is -2.25. The summed E-state index contributed by atoms with van der Waals surface area (Å²) >= 11 is 0. The van der Waals surface area contributed by atoms with Crippen LogP contribution in [0.4, 0.5) is 27.5 Å². The van der Waals surface area contributed by atoms with Gasteiger partial charge in [0.05, 0.1) is 11.2 Å². The number of unbranched alkanes of at least 4 members (excludes halogenated alkanes) is 1. The number of nitrogens with one attached hydrogen (secondary N) is 2. The van der Waals surface area contributed by atoms with Gasteiger partial charge in [-0.05, 0) is 100 Å². The number of pyridine rings is 1. The number of carbonyl (C=O) groups is 1. The largest absolute Gasteiger partial charge is 0.477 e. The molecule has 2 fully saturated rings. The number of nitrogen functional groups attached to an aromatic ring is 1. The fraction of sp³-hybridized carbons (Fsp3) is 0.429. The molecule has 47 heavy (non-hydrogen) atoms. The van der Waals surface area contributed by atoms with Crippen LogP contribution in [0.1, 0.15) is 73.0 Å². The van der Waals surface area contributed by atoms with Crippen LogP contribution in [0.25, 0.3) is 10.9 Å². The van der Waals surface area contributed by atoms with Gasteiger partial charge < -0.3 is 26.0 Å². The molecule has 1 unspecified atom stereocenters. The number of rotatable bonds is 13. The molecule has 0 amide bonds. The molecule has 5 N–H and O–H groups in total. The highest BCUT2D eigenvalue weighted by Gasteiger charge is 2.28. The summed E-state index contributed by atoms with van der Waals surface area (Å²) in [6.07, 6.45) is 7.71. The molecule has 0 radical (unpaired) electrons. The van der Waals surface area contributed by atoms with Crippen LogP contribution in [0.5, 0.6) is 0 Å².